The Morgan fingerprint density at radius 1 is 1.29 bits per heavy atom. The van der Waals surface area contributed by atoms with Crippen molar-refractivity contribution < 1.29 is 19.1 Å². The molecule has 0 spiro atoms. The fourth-order valence-electron chi connectivity index (χ4n) is 3.93. The van der Waals surface area contributed by atoms with Gasteiger partial charge in [0.2, 0.25) is 0 Å². The first-order chi connectivity index (χ1) is 14.6. The SMILES string of the molecule is Bc1ccc(NCCCC2(C(=O)OCC=N)CCN(C(=O)OC(C)(C)C)CC2)c(C)c1. The van der Waals surface area contributed by atoms with Gasteiger partial charge >= 0.3 is 12.1 Å². The molecule has 0 atom stereocenters. The zero-order chi connectivity index (χ0) is 23.1. The fourth-order valence-corrected chi connectivity index (χ4v) is 3.93. The Morgan fingerprint density at radius 3 is 2.55 bits per heavy atom. The van der Waals surface area contributed by atoms with Gasteiger partial charge in [-0.3, -0.25) is 4.79 Å². The van der Waals surface area contributed by atoms with Gasteiger partial charge in [0.1, 0.15) is 20.1 Å². The van der Waals surface area contributed by atoms with Crippen molar-refractivity contribution in [2.24, 2.45) is 5.41 Å². The molecule has 1 aromatic carbocycles. The van der Waals surface area contributed by atoms with Crippen molar-refractivity contribution in [3.8, 4) is 0 Å². The van der Waals surface area contributed by atoms with Gasteiger partial charge in [0.15, 0.2) is 0 Å². The normalized spacial score (nSPS) is 15.8. The van der Waals surface area contributed by atoms with Crippen LogP contribution in [0.3, 0.4) is 0 Å². The molecular formula is C23H36BN3O4. The van der Waals surface area contributed by atoms with Gasteiger partial charge in [0.25, 0.3) is 0 Å². The topological polar surface area (TPSA) is 91.7 Å². The molecule has 0 aliphatic carbocycles. The lowest BCUT2D eigenvalue weighted by Gasteiger charge is -2.40. The third-order valence-electron chi connectivity index (χ3n) is 5.63. The Hall–Kier alpha value is -2.51. The summed E-state index contributed by atoms with van der Waals surface area (Å²) < 4.78 is 10.8. The molecule has 1 saturated heterocycles. The first-order valence-electron chi connectivity index (χ1n) is 11.0. The summed E-state index contributed by atoms with van der Waals surface area (Å²) in [6.45, 7) is 9.26. The Labute approximate surface area is 186 Å². The van der Waals surface area contributed by atoms with E-state index in [1.807, 2.05) is 20.8 Å². The average Bonchev–Trinajstić information content (AvgIpc) is 2.69. The number of rotatable bonds is 8. The number of hydrogen-bond acceptors (Lipinski definition) is 6. The summed E-state index contributed by atoms with van der Waals surface area (Å²) in [5, 5.41) is 10.6. The maximum absolute atomic E-state index is 12.9. The number of amides is 1. The highest BCUT2D eigenvalue weighted by Gasteiger charge is 2.43. The van der Waals surface area contributed by atoms with Crippen LogP contribution in [0, 0.1) is 17.7 Å². The molecule has 0 unspecified atom stereocenters. The van der Waals surface area contributed by atoms with Crippen molar-refractivity contribution in [1.82, 2.24) is 4.90 Å². The van der Waals surface area contributed by atoms with Gasteiger partial charge in [-0.2, -0.15) is 0 Å². The first kappa shape index (κ1) is 24.8. The number of aryl methyl sites for hydroxylation is 1. The van der Waals surface area contributed by atoms with Crippen LogP contribution < -0.4 is 10.8 Å². The Balaban J connectivity index is 1.96. The Kier molecular flexibility index (Phi) is 8.54. The number of anilines is 1. The van der Waals surface area contributed by atoms with Gasteiger partial charge in [0, 0.05) is 31.5 Å². The molecule has 31 heavy (non-hydrogen) atoms. The number of piperidine rings is 1. The highest BCUT2D eigenvalue weighted by atomic mass is 16.6. The maximum atomic E-state index is 12.9. The molecule has 2 rings (SSSR count). The summed E-state index contributed by atoms with van der Waals surface area (Å²) in [6, 6.07) is 6.31. The molecule has 1 heterocycles. The number of benzene rings is 1. The van der Waals surface area contributed by atoms with E-state index in [0.29, 0.717) is 32.4 Å². The molecule has 1 aliphatic heterocycles. The number of esters is 1. The van der Waals surface area contributed by atoms with Crippen LogP contribution in [-0.4, -0.2) is 62.9 Å². The van der Waals surface area contributed by atoms with E-state index in [1.54, 1.807) is 4.90 Å². The summed E-state index contributed by atoms with van der Waals surface area (Å²) in [5.41, 5.74) is 2.35. The molecule has 8 heteroatoms. The lowest BCUT2D eigenvalue weighted by molar-refractivity contribution is -0.157. The minimum absolute atomic E-state index is 0.0167. The van der Waals surface area contributed by atoms with Gasteiger partial charge in [0.05, 0.1) is 5.41 Å². The van der Waals surface area contributed by atoms with Crippen LogP contribution in [0.1, 0.15) is 52.0 Å². The molecule has 0 saturated carbocycles. The van der Waals surface area contributed by atoms with Gasteiger partial charge in [-0.25, -0.2) is 4.79 Å². The van der Waals surface area contributed by atoms with Crippen LogP contribution in [0.15, 0.2) is 18.2 Å². The van der Waals surface area contributed by atoms with E-state index in [4.69, 9.17) is 14.9 Å². The van der Waals surface area contributed by atoms with Gasteiger partial charge in [-0.1, -0.05) is 17.6 Å². The summed E-state index contributed by atoms with van der Waals surface area (Å²) in [4.78, 5) is 26.9. The minimum atomic E-state index is -0.633. The van der Waals surface area contributed by atoms with Gasteiger partial charge in [-0.05, 0) is 65.0 Å². The Morgan fingerprint density at radius 2 is 1.97 bits per heavy atom. The molecule has 1 aliphatic rings. The average molecular weight is 429 g/mol. The molecule has 7 nitrogen and oxygen atoms in total. The summed E-state index contributed by atoms with van der Waals surface area (Å²) >= 11 is 0. The van der Waals surface area contributed by atoms with Crippen LogP contribution in [0.25, 0.3) is 0 Å². The van der Waals surface area contributed by atoms with Crippen molar-refractivity contribution in [2.75, 3.05) is 31.6 Å². The smallest absolute Gasteiger partial charge is 0.410 e. The lowest BCUT2D eigenvalue weighted by Crippen LogP contribution is -2.48. The van der Waals surface area contributed by atoms with Crippen LogP contribution >= 0.6 is 0 Å². The van der Waals surface area contributed by atoms with Gasteiger partial charge in [-0.15, -0.1) is 0 Å². The second kappa shape index (κ2) is 10.7. The molecule has 1 amide bonds. The summed E-state index contributed by atoms with van der Waals surface area (Å²) in [7, 11) is 2.07. The third kappa shape index (κ3) is 7.30. The largest absolute Gasteiger partial charge is 0.459 e. The van der Waals surface area contributed by atoms with Crippen LogP contribution in [0.5, 0.6) is 0 Å². The second-order valence-corrected chi connectivity index (χ2v) is 9.40. The van der Waals surface area contributed by atoms with Crippen molar-refractivity contribution in [1.29, 1.82) is 5.41 Å². The standard InChI is InChI=1S/C23H36BN3O4/c1-17-16-18(24)6-7-19(17)26-12-5-8-23(20(28)30-15-11-25)9-13-27(14-10-23)21(29)31-22(2,3)4/h6-7,11,16,25-26H,5,8-10,12-15,24H2,1-4H3. The molecule has 1 fully saturated rings. The van der Waals surface area contributed by atoms with Crippen LogP contribution in [0.4, 0.5) is 10.5 Å². The minimum Gasteiger partial charge on any atom is -0.459 e. The molecular weight excluding hydrogens is 393 g/mol. The molecule has 2 N–H and O–H groups in total. The number of nitrogens with one attached hydrogen (secondary N) is 2. The number of likely N-dealkylation sites (tertiary alicyclic amines) is 1. The van der Waals surface area contributed by atoms with E-state index in [9.17, 15) is 9.59 Å². The lowest BCUT2D eigenvalue weighted by atomic mass is 9.74. The molecule has 0 bridgehead atoms. The molecule has 1 aromatic rings. The highest BCUT2D eigenvalue weighted by molar-refractivity contribution is 6.32. The van der Waals surface area contributed by atoms with Crippen molar-refractivity contribution >= 4 is 37.3 Å². The van der Waals surface area contributed by atoms with Crippen LogP contribution in [0.2, 0.25) is 0 Å². The predicted octanol–water partition coefficient (Wildman–Crippen LogP) is 2.66. The maximum Gasteiger partial charge on any atom is 0.410 e. The highest BCUT2D eigenvalue weighted by Crippen LogP contribution is 2.38. The quantitative estimate of drug-likeness (QED) is 0.287. The summed E-state index contributed by atoms with van der Waals surface area (Å²) in [6.07, 6.45) is 3.29. The van der Waals surface area contributed by atoms with Crippen LogP contribution in [-0.2, 0) is 14.3 Å². The van der Waals surface area contributed by atoms with E-state index in [0.717, 1.165) is 24.9 Å². The third-order valence-corrected chi connectivity index (χ3v) is 5.63. The zero-order valence-corrected chi connectivity index (χ0v) is 19.5. The monoisotopic (exact) mass is 429 g/mol. The van der Waals surface area contributed by atoms with E-state index in [1.165, 1.54) is 11.0 Å². The van der Waals surface area contributed by atoms with Crippen molar-refractivity contribution in [3.63, 3.8) is 0 Å². The molecule has 0 radical (unpaired) electrons. The van der Waals surface area contributed by atoms with E-state index in [-0.39, 0.29) is 18.7 Å². The number of carbonyl (C=O) groups is 2. The van der Waals surface area contributed by atoms with E-state index >= 15 is 0 Å². The summed E-state index contributed by atoms with van der Waals surface area (Å²) in [5.74, 6) is -0.272. The number of carbonyl (C=O) groups excluding carboxylic acids is 2. The Bertz CT molecular complexity index is 784. The fraction of sp³-hybridized carbons (Fsp3) is 0.609. The zero-order valence-electron chi connectivity index (χ0n) is 19.5. The first-order valence-corrected chi connectivity index (χ1v) is 11.0. The van der Waals surface area contributed by atoms with E-state index in [2.05, 4.69) is 38.3 Å². The predicted molar refractivity (Wildman–Crippen MR) is 126 cm³/mol. The molecule has 0 aromatic heterocycles. The van der Waals surface area contributed by atoms with Gasteiger partial charge < -0.3 is 25.1 Å². The number of hydrogen-bond donors (Lipinski definition) is 2. The number of nitrogens with zero attached hydrogens (tertiary/aromatic N) is 1. The second-order valence-electron chi connectivity index (χ2n) is 9.40. The molecule has 170 valence electrons. The van der Waals surface area contributed by atoms with Crippen molar-refractivity contribution in [2.45, 2.75) is 59.0 Å². The number of ether oxygens (including phenoxy) is 2. The van der Waals surface area contributed by atoms with E-state index < -0.39 is 11.0 Å². The van der Waals surface area contributed by atoms with Crippen molar-refractivity contribution in [3.05, 3.63) is 23.8 Å².